The number of hydrogen-bond acceptors (Lipinski definition) is 3. The maximum absolute atomic E-state index is 11.7. The minimum Gasteiger partial charge on any atom is -0.481 e. The Balaban J connectivity index is 2.69. The van der Waals surface area contributed by atoms with Crippen LogP contribution >= 0.6 is 0 Å². The quantitative estimate of drug-likeness (QED) is 0.836. The van der Waals surface area contributed by atoms with Crippen LogP contribution < -0.4 is 5.32 Å². The number of nitrogens with zero attached hydrogens (tertiary/aromatic N) is 1. The van der Waals surface area contributed by atoms with Crippen LogP contribution in [0.2, 0.25) is 0 Å². The Morgan fingerprint density at radius 3 is 2.47 bits per heavy atom. The van der Waals surface area contributed by atoms with E-state index in [-0.39, 0.29) is 18.7 Å². The van der Waals surface area contributed by atoms with E-state index in [9.17, 15) is 14.4 Å². The van der Waals surface area contributed by atoms with Gasteiger partial charge in [-0.15, -0.1) is 0 Å². The van der Waals surface area contributed by atoms with Gasteiger partial charge in [-0.25, -0.2) is 0 Å². The summed E-state index contributed by atoms with van der Waals surface area (Å²) in [6.45, 7) is 0. The number of carboxylic acids is 1. The summed E-state index contributed by atoms with van der Waals surface area (Å²) in [5, 5.41) is 11.0. The van der Waals surface area contributed by atoms with E-state index in [2.05, 4.69) is 5.32 Å². The number of aliphatic carboxylic acids is 1. The van der Waals surface area contributed by atoms with E-state index in [4.69, 9.17) is 5.11 Å². The van der Waals surface area contributed by atoms with E-state index in [0.717, 1.165) is 0 Å². The van der Waals surface area contributed by atoms with Gasteiger partial charge in [0.1, 0.15) is 0 Å². The van der Waals surface area contributed by atoms with Gasteiger partial charge in [0.15, 0.2) is 0 Å². The summed E-state index contributed by atoms with van der Waals surface area (Å²) in [5.74, 6) is -1.58. The lowest BCUT2D eigenvalue weighted by Crippen LogP contribution is -2.22. The molecule has 6 heteroatoms. The molecule has 2 amide bonds. The first-order valence-corrected chi connectivity index (χ1v) is 5.73. The zero-order chi connectivity index (χ0) is 14.4. The molecule has 1 aromatic rings. The monoisotopic (exact) mass is 264 g/mol. The SMILES string of the molecule is CN(C)C(=O)c1cccc(NC(=O)CCC(=O)O)c1. The molecule has 0 spiro atoms. The lowest BCUT2D eigenvalue weighted by molar-refractivity contribution is -0.138. The van der Waals surface area contributed by atoms with Gasteiger partial charge in [-0.05, 0) is 18.2 Å². The maximum atomic E-state index is 11.7. The van der Waals surface area contributed by atoms with Gasteiger partial charge in [-0.2, -0.15) is 0 Å². The van der Waals surface area contributed by atoms with Gasteiger partial charge in [-0.3, -0.25) is 14.4 Å². The molecule has 0 heterocycles. The molecule has 0 bridgehead atoms. The molecule has 0 aliphatic rings. The van der Waals surface area contributed by atoms with Crippen LogP contribution in [0.15, 0.2) is 24.3 Å². The van der Waals surface area contributed by atoms with Gasteiger partial charge in [0.25, 0.3) is 5.91 Å². The second-order valence-corrected chi connectivity index (χ2v) is 4.22. The molecule has 1 rings (SSSR count). The predicted octanol–water partition coefficient (Wildman–Crippen LogP) is 1.19. The normalized spacial score (nSPS) is 9.79. The van der Waals surface area contributed by atoms with Crippen LogP contribution in [0.4, 0.5) is 5.69 Å². The molecule has 0 fully saturated rings. The molecular weight excluding hydrogens is 248 g/mol. The van der Waals surface area contributed by atoms with Crippen LogP contribution in [0.1, 0.15) is 23.2 Å². The number of anilines is 1. The highest BCUT2D eigenvalue weighted by molar-refractivity contribution is 5.97. The first-order chi connectivity index (χ1) is 8.90. The Labute approximate surface area is 111 Å². The number of hydrogen-bond donors (Lipinski definition) is 2. The molecule has 0 radical (unpaired) electrons. The van der Waals surface area contributed by atoms with E-state index >= 15 is 0 Å². The molecule has 6 nitrogen and oxygen atoms in total. The van der Waals surface area contributed by atoms with Crippen molar-refractivity contribution in [3.8, 4) is 0 Å². The third-order valence-corrected chi connectivity index (χ3v) is 2.37. The van der Waals surface area contributed by atoms with Crippen molar-refractivity contribution in [2.45, 2.75) is 12.8 Å². The number of benzene rings is 1. The van der Waals surface area contributed by atoms with Gasteiger partial charge in [0.2, 0.25) is 5.91 Å². The van der Waals surface area contributed by atoms with Gasteiger partial charge in [0.05, 0.1) is 6.42 Å². The van der Waals surface area contributed by atoms with Crippen molar-refractivity contribution in [3.05, 3.63) is 29.8 Å². The van der Waals surface area contributed by atoms with Crippen molar-refractivity contribution < 1.29 is 19.5 Å². The standard InChI is InChI=1S/C13H16N2O4/c1-15(2)13(19)9-4-3-5-10(8-9)14-11(16)6-7-12(17)18/h3-5,8H,6-7H2,1-2H3,(H,14,16)(H,17,18). The van der Waals surface area contributed by atoms with E-state index in [1.165, 1.54) is 4.90 Å². The Kier molecular flexibility index (Phi) is 5.05. The van der Waals surface area contributed by atoms with Crippen LogP contribution in [0.3, 0.4) is 0 Å². The fourth-order valence-electron chi connectivity index (χ4n) is 1.43. The molecule has 0 aromatic heterocycles. The van der Waals surface area contributed by atoms with Crippen LogP contribution in [-0.4, -0.2) is 41.9 Å². The Bertz CT molecular complexity index is 497. The van der Waals surface area contributed by atoms with Gasteiger partial charge >= 0.3 is 5.97 Å². The lowest BCUT2D eigenvalue weighted by atomic mass is 10.1. The van der Waals surface area contributed by atoms with Crippen molar-refractivity contribution in [3.63, 3.8) is 0 Å². The first-order valence-electron chi connectivity index (χ1n) is 5.73. The molecule has 1 aromatic carbocycles. The summed E-state index contributed by atoms with van der Waals surface area (Å²) in [7, 11) is 3.28. The molecule has 19 heavy (non-hydrogen) atoms. The number of carbonyl (C=O) groups is 3. The molecular formula is C13H16N2O4. The lowest BCUT2D eigenvalue weighted by Gasteiger charge is -2.11. The Morgan fingerprint density at radius 2 is 1.89 bits per heavy atom. The molecule has 102 valence electrons. The van der Waals surface area contributed by atoms with E-state index in [0.29, 0.717) is 11.3 Å². The zero-order valence-corrected chi connectivity index (χ0v) is 10.8. The fourth-order valence-corrected chi connectivity index (χ4v) is 1.43. The fraction of sp³-hybridized carbons (Fsp3) is 0.308. The van der Waals surface area contributed by atoms with Crippen molar-refractivity contribution in [2.75, 3.05) is 19.4 Å². The van der Waals surface area contributed by atoms with E-state index in [1.807, 2.05) is 0 Å². The molecule has 0 unspecified atom stereocenters. The van der Waals surface area contributed by atoms with Gasteiger partial charge in [-0.1, -0.05) is 6.07 Å². The third-order valence-electron chi connectivity index (χ3n) is 2.37. The van der Waals surface area contributed by atoms with Gasteiger partial charge < -0.3 is 15.3 Å². The summed E-state index contributed by atoms with van der Waals surface area (Å²) in [6.07, 6.45) is -0.316. The van der Waals surface area contributed by atoms with Crippen molar-refractivity contribution in [1.29, 1.82) is 0 Å². The number of amides is 2. The molecule has 0 saturated carbocycles. The summed E-state index contributed by atoms with van der Waals surface area (Å²) in [6, 6.07) is 6.50. The Morgan fingerprint density at radius 1 is 1.21 bits per heavy atom. The average molecular weight is 264 g/mol. The average Bonchev–Trinajstić information content (AvgIpc) is 2.35. The minimum absolute atomic E-state index is 0.0960. The van der Waals surface area contributed by atoms with Crippen LogP contribution in [0.5, 0.6) is 0 Å². The number of carboxylic acid groups (broad SMARTS) is 1. The zero-order valence-electron chi connectivity index (χ0n) is 10.8. The van der Waals surface area contributed by atoms with Crippen LogP contribution in [0, 0.1) is 0 Å². The highest BCUT2D eigenvalue weighted by Crippen LogP contribution is 2.12. The van der Waals surface area contributed by atoms with Crippen molar-refractivity contribution in [1.82, 2.24) is 4.90 Å². The molecule has 0 aliphatic carbocycles. The molecule has 0 atom stereocenters. The van der Waals surface area contributed by atoms with Crippen LogP contribution in [0.25, 0.3) is 0 Å². The summed E-state index contributed by atoms with van der Waals surface area (Å²) in [4.78, 5) is 35.0. The topological polar surface area (TPSA) is 86.7 Å². The molecule has 0 aliphatic heterocycles. The third kappa shape index (κ3) is 4.79. The molecule has 0 saturated heterocycles. The highest BCUT2D eigenvalue weighted by Gasteiger charge is 2.10. The smallest absolute Gasteiger partial charge is 0.303 e. The molecule has 2 N–H and O–H groups in total. The largest absolute Gasteiger partial charge is 0.481 e. The maximum Gasteiger partial charge on any atom is 0.303 e. The van der Waals surface area contributed by atoms with Crippen LogP contribution in [-0.2, 0) is 9.59 Å². The first kappa shape index (κ1) is 14.7. The predicted molar refractivity (Wildman–Crippen MR) is 70.0 cm³/mol. The van der Waals surface area contributed by atoms with Crippen molar-refractivity contribution in [2.24, 2.45) is 0 Å². The van der Waals surface area contributed by atoms with E-state index < -0.39 is 11.9 Å². The Hall–Kier alpha value is -2.37. The number of nitrogens with one attached hydrogen (secondary N) is 1. The highest BCUT2D eigenvalue weighted by atomic mass is 16.4. The minimum atomic E-state index is -1.02. The second-order valence-electron chi connectivity index (χ2n) is 4.22. The second kappa shape index (κ2) is 6.53. The number of carbonyl (C=O) groups excluding carboxylic acids is 2. The van der Waals surface area contributed by atoms with Gasteiger partial charge in [0, 0.05) is 31.8 Å². The number of rotatable bonds is 5. The van der Waals surface area contributed by atoms with E-state index in [1.54, 1.807) is 38.4 Å². The van der Waals surface area contributed by atoms with Crippen molar-refractivity contribution >= 4 is 23.5 Å². The summed E-state index contributed by atoms with van der Waals surface area (Å²) in [5.41, 5.74) is 0.934. The summed E-state index contributed by atoms with van der Waals surface area (Å²) >= 11 is 0. The summed E-state index contributed by atoms with van der Waals surface area (Å²) < 4.78 is 0.